The number of benzene rings is 3. The van der Waals surface area contributed by atoms with Crippen molar-refractivity contribution in [1.29, 1.82) is 0 Å². The van der Waals surface area contributed by atoms with Crippen LogP contribution in [0.2, 0.25) is 20.1 Å². The van der Waals surface area contributed by atoms with Gasteiger partial charge in [-0.25, -0.2) is 0 Å². The Hall–Kier alpha value is -2.35. The van der Waals surface area contributed by atoms with Crippen LogP contribution in [0.25, 0.3) is 6.08 Å². The average molecular weight is 583 g/mol. The largest absolute Gasteiger partial charge is 0.490 e. The molecule has 0 bridgehead atoms. The van der Waals surface area contributed by atoms with Gasteiger partial charge in [0.05, 0.1) is 18.1 Å². The zero-order valence-corrected chi connectivity index (χ0v) is 22.7. The zero-order chi connectivity index (χ0) is 25.8. The minimum atomic E-state index is -0.423. The molecular formula is C26H19Cl4NO4S. The van der Waals surface area contributed by atoms with Gasteiger partial charge in [-0.05, 0) is 66.7 Å². The molecule has 0 unspecified atom stereocenters. The van der Waals surface area contributed by atoms with E-state index in [0.717, 1.165) is 16.7 Å². The molecule has 36 heavy (non-hydrogen) atoms. The molecular weight excluding hydrogens is 564 g/mol. The predicted molar refractivity (Wildman–Crippen MR) is 146 cm³/mol. The molecule has 1 heterocycles. The van der Waals surface area contributed by atoms with Crippen LogP contribution in [-0.2, 0) is 17.9 Å². The smallest absolute Gasteiger partial charge is 0.293 e. The number of halogens is 4. The molecule has 3 aromatic rings. The summed E-state index contributed by atoms with van der Waals surface area (Å²) in [5.41, 5.74) is 1.85. The number of thioether (sulfide) groups is 1. The summed E-state index contributed by atoms with van der Waals surface area (Å²) in [4.78, 5) is 27.0. The molecule has 1 fully saturated rings. The van der Waals surface area contributed by atoms with Crippen LogP contribution < -0.4 is 9.47 Å². The van der Waals surface area contributed by atoms with Crippen molar-refractivity contribution in [2.75, 3.05) is 6.61 Å². The van der Waals surface area contributed by atoms with Crippen LogP contribution in [0.1, 0.15) is 23.6 Å². The molecule has 0 atom stereocenters. The van der Waals surface area contributed by atoms with E-state index in [1.165, 1.54) is 0 Å². The Morgan fingerprint density at radius 2 is 1.44 bits per heavy atom. The van der Waals surface area contributed by atoms with Gasteiger partial charge in [0.2, 0.25) is 0 Å². The van der Waals surface area contributed by atoms with Gasteiger partial charge >= 0.3 is 0 Å². The molecule has 1 aliphatic heterocycles. The molecule has 1 saturated heterocycles. The Bertz CT molecular complexity index is 1320. The zero-order valence-electron chi connectivity index (χ0n) is 18.9. The fraction of sp³-hybridized carbons (Fsp3) is 0.154. The van der Waals surface area contributed by atoms with Crippen molar-refractivity contribution >= 4 is 75.4 Å². The van der Waals surface area contributed by atoms with Gasteiger partial charge in [0.25, 0.3) is 11.1 Å². The summed E-state index contributed by atoms with van der Waals surface area (Å²) in [5.74, 6) is 0.551. The Balaban J connectivity index is 1.54. The molecule has 0 saturated carbocycles. The Morgan fingerprint density at radius 3 is 2.06 bits per heavy atom. The lowest BCUT2D eigenvalue weighted by Crippen LogP contribution is -2.27. The molecule has 0 N–H and O–H groups in total. The first-order valence-corrected chi connectivity index (χ1v) is 13.1. The van der Waals surface area contributed by atoms with E-state index < -0.39 is 11.1 Å². The number of carbonyl (C=O) groups excluding carboxylic acids is 2. The number of hydrogen-bond acceptors (Lipinski definition) is 5. The van der Waals surface area contributed by atoms with E-state index in [-0.39, 0.29) is 18.1 Å². The molecule has 4 rings (SSSR count). The molecule has 186 valence electrons. The summed E-state index contributed by atoms with van der Waals surface area (Å²) in [5, 5.41) is 1.39. The monoisotopic (exact) mass is 581 g/mol. The number of amides is 2. The van der Waals surface area contributed by atoms with Crippen LogP contribution >= 0.6 is 58.2 Å². The quantitative estimate of drug-likeness (QED) is 0.249. The molecule has 1 aliphatic rings. The van der Waals surface area contributed by atoms with Crippen LogP contribution in [-0.4, -0.2) is 22.7 Å². The first kappa shape index (κ1) is 26.7. The number of carbonyl (C=O) groups is 2. The molecule has 0 spiro atoms. The highest BCUT2D eigenvalue weighted by atomic mass is 35.5. The van der Waals surface area contributed by atoms with Crippen LogP contribution in [0.4, 0.5) is 4.79 Å². The van der Waals surface area contributed by atoms with Crippen LogP contribution in [0, 0.1) is 0 Å². The number of nitrogens with zero attached hydrogens (tertiary/aromatic N) is 1. The first-order chi connectivity index (χ1) is 17.3. The highest BCUT2D eigenvalue weighted by Crippen LogP contribution is 2.37. The van der Waals surface area contributed by atoms with Crippen molar-refractivity contribution in [2.24, 2.45) is 0 Å². The summed E-state index contributed by atoms with van der Waals surface area (Å²) in [7, 11) is 0. The summed E-state index contributed by atoms with van der Waals surface area (Å²) in [6.45, 7) is 2.40. The standard InChI is InChI=1S/C26H19Cl4NO4S/c1-2-34-23-11-15(9-10-22(23)35-14-17-20(29)7-4-8-21(17)30)12-24-25(32)31(26(33)36-24)13-16-18(27)5-3-6-19(16)28/h3-12H,2,13-14H2,1H3/b24-12-. The van der Waals surface area contributed by atoms with Gasteiger partial charge in [-0.1, -0.05) is 64.6 Å². The molecule has 0 radical (unpaired) electrons. The first-order valence-electron chi connectivity index (χ1n) is 10.8. The van der Waals surface area contributed by atoms with E-state index in [2.05, 4.69) is 0 Å². The highest BCUT2D eigenvalue weighted by Gasteiger charge is 2.35. The van der Waals surface area contributed by atoms with Gasteiger partial charge < -0.3 is 9.47 Å². The Labute approximate surface area is 232 Å². The lowest BCUT2D eigenvalue weighted by molar-refractivity contribution is -0.123. The second-order valence-electron chi connectivity index (χ2n) is 7.60. The Kier molecular flexibility index (Phi) is 8.75. The van der Waals surface area contributed by atoms with Crippen molar-refractivity contribution in [1.82, 2.24) is 4.90 Å². The summed E-state index contributed by atoms with van der Waals surface area (Å²) in [6.07, 6.45) is 1.64. The van der Waals surface area contributed by atoms with Crippen molar-refractivity contribution in [3.8, 4) is 11.5 Å². The predicted octanol–water partition coefficient (Wildman–Crippen LogP) is 8.51. The molecule has 10 heteroatoms. The third kappa shape index (κ3) is 5.96. The molecule has 0 aliphatic carbocycles. The molecule has 0 aromatic heterocycles. The van der Waals surface area contributed by atoms with Crippen molar-refractivity contribution in [3.05, 3.63) is 96.3 Å². The van der Waals surface area contributed by atoms with Gasteiger partial charge in [0, 0.05) is 31.2 Å². The summed E-state index contributed by atoms with van der Waals surface area (Å²) < 4.78 is 11.7. The van der Waals surface area contributed by atoms with E-state index in [1.54, 1.807) is 60.7 Å². The van der Waals surface area contributed by atoms with Gasteiger partial charge in [-0.3, -0.25) is 14.5 Å². The second kappa shape index (κ2) is 11.8. The molecule has 3 aromatic carbocycles. The summed E-state index contributed by atoms with van der Waals surface area (Å²) in [6, 6.07) is 15.5. The topological polar surface area (TPSA) is 55.8 Å². The number of hydrogen-bond donors (Lipinski definition) is 0. The van der Waals surface area contributed by atoms with Gasteiger partial charge in [0.15, 0.2) is 11.5 Å². The minimum absolute atomic E-state index is 0.0118. The fourth-order valence-corrected chi connectivity index (χ4v) is 5.31. The second-order valence-corrected chi connectivity index (χ2v) is 10.2. The lowest BCUT2D eigenvalue weighted by Gasteiger charge is -2.15. The minimum Gasteiger partial charge on any atom is -0.490 e. The third-order valence-electron chi connectivity index (χ3n) is 5.25. The maximum atomic E-state index is 13.0. The highest BCUT2D eigenvalue weighted by molar-refractivity contribution is 8.18. The van der Waals surface area contributed by atoms with E-state index in [4.69, 9.17) is 55.9 Å². The SMILES string of the molecule is CCOc1cc(/C=C2\SC(=O)N(Cc3c(Cl)cccc3Cl)C2=O)ccc1OCc1c(Cl)cccc1Cl. The van der Waals surface area contributed by atoms with Crippen LogP contribution in [0.15, 0.2) is 59.5 Å². The summed E-state index contributed by atoms with van der Waals surface area (Å²) >= 11 is 25.8. The third-order valence-corrected chi connectivity index (χ3v) is 7.57. The van der Waals surface area contributed by atoms with Crippen molar-refractivity contribution in [2.45, 2.75) is 20.1 Å². The maximum absolute atomic E-state index is 13.0. The van der Waals surface area contributed by atoms with E-state index in [9.17, 15) is 9.59 Å². The molecule has 2 amide bonds. The van der Waals surface area contributed by atoms with Gasteiger partial charge in [-0.15, -0.1) is 0 Å². The van der Waals surface area contributed by atoms with Crippen molar-refractivity contribution in [3.63, 3.8) is 0 Å². The maximum Gasteiger partial charge on any atom is 0.293 e. The Morgan fingerprint density at radius 1 is 0.833 bits per heavy atom. The van der Waals surface area contributed by atoms with Gasteiger partial charge in [0.1, 0.15) is 6.61 Å². The average Bonchev–Trinajstić information content (AvgIpc) is 3.09. The van der Waals surface area contributed by atoms with E-state index in [1.807, 2.05) is 6.92 Å². The number of ether oxygens (including phenoxy) is 2. The number of rotatable bonds is 8. The fourth-order valence-electron chi connectivity index (χ4n) is 3.45. The van der Waals surface area contributed by atoms with E-state index >= 15 is 0 Å². The van der Waals surface area contributed by atoms with Crippen molar-refractivity contribution < 1.29 is 19.1 Å². The van der Waals surface area contributed by atoms with Gasteiger partial charge in [-0.2, -0.15) is 0 Å². The van der Waals surface area contributed by atoms with Crippen LogP contribution in [0.5, 0.6) is 11.5 Å². The number of imide groups is 1. The van der Waals surface area contributed by atoms with Crippen LogP contribution in [0.3, 0.4) is 0 Å². The normalized spacial score (nSPS) is 14.6. The lowest BCUT2D eigenvalue weighted by atomic mass is 10.1. The molecule has 5 nitrogen and oxygen atoms in total. The van der Waals surface area contributed by atoms with E-state index in [0.29, 0.717) is 54.9 Å².